The number of carboxylic acids is 1. The van der Waals surface area contributed by atoms with Crippen molar-refractivity contribution in [2.45, 2.75) is 20.1 Å². The van der Waals surface area contributed by atoms with Crippen LogP contribution in [-0.2, 0) is 4.79 Å². The normalized spacial score (nSPS) is 12.4. The number of hydrogen-bond acceptors (Lipinski definition) is 3. The second-order valence-electron chi connectivity index (χ2n) is 2.09. The molecule has 0 bridgehead atoms. The van der Waals surface area contributed by atoms with Crippen LogP contribution < -0.4 is 0 Å². The van der Waals surface area contributed by atoms with E-state index in [4.69, 9.17) is 10.2 Å². The van der Waals surface area contributed by atoms with Crippen LogP contribution in [0.5, 0.6) is 0 Å². The van der Waals surface area contributed by atoms with Gasteiger partial charge in [0.15, 0.2) is 0 Å². The quantitative estimate of drug-likeness (QED) is 0.424. The average molecular weight is 171 g/mol. The molecular formula is C6H14NNaO3. The summed E-state index contributed by atoms with van der Waals surface area (Å²) in [5.41, 5.74) is 0. The first-order chi connectivity index (χ1) is 4.57. The fourth-order valence-corrected chi connectivity index (χ4v) is 0.682. The number of carboxylic acid groups (broad SMARTS) is 1. The van der Waals surface area contributed by atoms with Crippen LogP contribution in [0.4, 0.5) is 0 Å². The first kappa shape index (κ1) is 13.9. The van der Waals surface area contributed by atoms with Crippen molar-refractivity contribution >= 4 is 35.5 Å². The first-order valence-corrected chi connectivity index (χ1v) is 3.21. The Labute approximate surface area is 88.5 Å². The van der Waals surface area contributed by atoms with E-state index in [0.717, 1.165) is 0 Å². The van der Waals surface area contributed by atoms with Gasteiger partial charge in [-0.25, -0.2) is 0 Å². The fraction of sp³-hybridized carbons (Fsp3) is 0.833. The van der Waals surface area contributed by atoms with E-state index in [-0.39, 0.29) is 36.1 Å². The second-order valence-corrected chi connectivity index (χ2v) is 2.09. The SMILES string of the molecule is CCN(CC(=O)O)C(C)O.[NaH]. The number of likely N-dealkylation sites (N-methyl/N-ethyl adjacent to an activating group) is 1. The van der Waals surface area contributed by atoms with Gasteiger partial charge < -0.3 is 10.2 Å². The van der Waals surface area contributed by atoms with Crippen molar-refractivity contribution in [2.24, 2.45) is 0 Å². The van der Waals surface area contributed by atoms with Gasteiger partial charge in [-0.05, 0) is 13.5 Å². The summed E-state index contributed by atoms with van der Waals surface area (Å²) in [7, 11) is 0. The Morgan fingerprint density at radius 2 is 2.09 bits per heavy atom. The average Bonchev–Trinajstić information content (AvgIpc) is 1.81. The molecule has 0 amide bonds. The molecule has 0 saturated heterocycles. The third-order valence-electron chi connectivity index (χ3n) is 1.27. The number of aliphatic carboxylic acids is 1. The van der Waals surface area contributed by atoms with Crippen LogP contribution in [-0.4, -0.2) is 70.0 Å². The van der Waals surface area contributed by atoms with E-state index in [1.54, 1.807) is 13.8 Å². The molecule has 62 valence electrons. The van der Waals surface area contributed by atoms with Crippen LogP contribution in [0.25, 0.3) is 0 Å². The Hall–Kier alpha value is 0.390. The Balaban J connectivity index is 0. The molecule has 0 aliphatic rings. The molecule has 5 heteroatoms. The molecule has 0 fully saturated rings. The van der Waals surface area contributed by atoms with Gasteiger partial charge in [-0.15, -0.1) is 0 Å². The van der Waals surface area contributed by atoms with E-state index in [0.29, 0.717) is 6.54 Å². The number of hydrogen-bond donors (Lipinski definition) is 2. The van der Waals surface area contributed by atoms with Gasteiger partial charge in [0, 0.05) is 0 Å². The van der Waals surface area contributed by atoms with E-state index >= 15 is 0 Å². The molecule has 0 rings (SSSR count). The van der Waals surface area contributed by atoms with E-state index in [1.165, 1.54) is 4.90 Å². The van der Waals surface area contributed by atoms with Crippen LogP contribution in [0, 0.1) is 0 Å². The van der Waals surface area contributed by atoms with Gasteiger partial charge in [-0.3, -0.25) is 9.69 Å². The Bertz CT molecular complexity index is 118. The van der Waals surface area contributed by atoms with E-state index < -0.39 is 12.2 Å². The maximum atomic E-state index is 10.1. The minimum absolute atomic E-state index is 0. The zero-order chi connectivity index (χ0) is 8.15. The molecule has 11 heavy (non-hydrogen) atoms. The number of aliphatic hydroxyl groups is 1. The summed E-state index contributed by atoms with van der Waals surface area (Å²) in [5.74, 6) is -0.914. The van der Waals surface area contributed by atoms with E-state index in [1.807, 2.05) is 0 Å². The van der Waals surface area contributed by atoms with Crippen LogP contribution in [0.1, 0.15) is 13.8 Å². The van der Waals surface area contributed by atoms with Crippen molar-refractivity contribution in [1.82, 2.24) is 4.90 Å². The predicted molar refractivity (Wildman–Crippen MR) is 43.7 cm³/mol. The molecule has 0 aliphatic heterocycles. The van der Waals surface area contributed by atoms with Crippen molar-refractivity contribution in [3.63, 3.8) is 0 Å². The number of nitrogens with zero attached hydrogens (tertiary/aromatic N) is 1. The van der Waals surface area contributed by atoms with Crippen LogP contribution in [0.3, 0.4) is 0 Å². The van der Waals surface area contributed by atoms with Crippen molar-refractivity contribution in [3.05, 3.63) is 0 Å². The molecule has 4 nitrogen and oxygen atoms in total. The van der Waals surface area contributed by atoms with Crippen molar-refractivity contribution < 1.29 is 15.0 Å². The zero-order valence-electron chi connectivity index (χ0n) is 6.24. The standard InChI is InChI=1S/C6H13NO3.Na.H/c1-3-7(5(2)8)4-6(9)10;;/h5,8H,3-4H2,1-2H3,(H,9,10);;. The van der Waals surface area contributed by atoms with Crippen LogP contribution in [0.2, 0.25) is 0 Å². The van der Waals surface area contributed by atoms with Gasteiger partial charge in [0.05, 0.1) is 6.54 Å². The third kappa shape index (κ3) is 6.77. The number of aliphatic hydroxyl groups excluding tert-OH is 1. The van der Waals surface area contributed by atoms with Crippen LogP contribution >= 0.6 is 0 Å². The molecule has 0 aromatic heterocycles. The monoisotopic (exact) mass is 171 g/mol. The molecule has 2 N–H and O–H groups in total. The summed E-state index contributed by atoms with van der Waals surface area (Å²) >= 11 is 0. The Morgan fingerprint density at radius 1 is 1.64 bits per heavy atom. The van der Waals surface area contributed by atoms with Crippen molar-refractivity contribution in [2.75, 3.05) is 13.1 Å². The summed E-state index contributed by atoms with van der Waals surface area (Å²) in [6.45, 7) is 3.79. The molecular weight excluding hydrogens is 157 g/mol. The molecule has 0 aliphatic carbocycles. The summed E-state index contributed by atoms with van der Waals surface area (Å²) in [4.78, 5) is 11.6. The minimum atomic E-state index is -0.914. The molecule has 1 unspecified atom stereocenters. The molecule has 0 radical (unpaired) electrons. The van der Waals surface area contributed by atoms with E-state index in [9.17, 15) is 4.79 Å². The van der Waals surface area contributed by atoms with Gasteiger partial charge in [-0.2, -0.15) is 0 Å². The summed E-state index contributed by atoms with van der Waals surface area (Å²) in [6, 6.07) is 0. The second kappa shape index (κ2) is 7.06. The van der Waals surface area contributed by atoms with Crippen LogP contribution in [0.15, 0.2) is 0 Å². The zero-order valence-corrected chi connectivity index (χ0v) is 6.24. The van der Waals surface area contributed by atoms with Gasteiger partial charge in [0.1, 0.15) is 6.23 Å². The molecule has 0 heterocycles. The number of rotatable bonds is 4. The summed E-state index contributed by atoms with van der Waals surface area (Å²) < 4.78 is 0. The predicted octanol–water partition coefficient (Wildman–Crippen LogP) is -0.917. The molecule has 0 aromatic carbocycles. The molecule has 0 aromatic rings. The maximum absolute atomic E-state index is 10.1. The summed E-state index contributed by atoms with van der Waals surface area (Å²) in [6.07, 6.45) is -0.680. The molecule has 0 spiro atoms. The molecule has 1 atom stereocenters. The fourth-order valence-electron chi connectivity index (χ4n) is 0.682. The summed E-state index contributed by atoms with van der Waals surface area (Å²) in [5, 5.41) is 17.2. The van der Waals surface area contributed by atoms with Gasteiger partial charge in [-0.1, -0.05) is 6.92 Å². The Kier molecular flexibility index (Phi) is 8.95. The third-order valence-corrected chi connectivity index (χ3v) is 1.27. The Morgan fingerprint density at radius 3 is 2.18 bits per heavy atom. The van der Waals surface area contributed by atoms with Crippen molar-refractivity contribution in [1.29, 1.82) is 0 Å². The van der Waals surface area contributed by atoms with Gasteiger partial charge in [0.2, 0.25) is 0 Å². The molecule has 0 saturated carbocycles. The van der Waals surface area contributed by atoms with Gasteiger partial charge in [0.25, 0.3) is 0 Å². The van der Waals surface area contributed by atoms with Crippen molar-refractivity contribution in [3.8, 4) is 0 Å². The van der Waals surface area contributed by atoms with E-state index in [2.05, 4.69) is 0 Å². The number of carbonyl (C=O) groups is 1. The topological polar surface area (TPSA) is 60.8 Å². The van der Waals surface area contributed by atoms with Gasteiger partial charge >= 0.3 is 35.5 Å². The first-order valence-electron chi connectivity index (χ1n) is 3.21.